The topological polar surface area (TPSA) is 49.3 Å². The van der Waals surface area contributed by atoms with E-state index in [9.17, 15) is 14.3 Å². The van der Waals surface area contributed by atoms with Crippen LogP contribution in [0.2, 0.25) is 0 Å². The predicted molar refractivity (Wildman–Crippen MR) is 82.5 cm³/mol. The lowest BCUT2D eigenvalue weighted by molar-refractivity contribution is -0.139. The van der Waals surface area contributed by atoms with E-state index in [1.807, 2.05) is 13.0 Å². The Morgan fingerprint density at radius 3 is 2.48 bits per heavy atom. The van der Waals surface area contributed by atoms with Crippen LogP contribution in [-0.2, 0) is 4.79 Å². The molecule has 110 valence electrons. The van der Waals surface area contributed by atoms with E-state index in [2.05, 4.69) is 21.2 Å². The highest BCUT2D eigenvalue weighted by atomic mass is 79.9. The van der Waals surface area contributed by atoms with E-state index in [-0.39, 0.29) is 11.9 Å². The Morgan fingerprint density at radius 2 is 1.90 bits per heavy atom. The van der Waals surface area contributed by atoms with Gasteiger partial charge in [0.25, 0.3) is 0 Å². The van der Waals surface area contributed by atoms with Crippen molar-refractivity contribution in [3.63, 3.8) is 0 Å². The number of benzene rings is 2. The second-order valence-electron chi connectivity index (χ2n) is 4.74. The molecule has 0 aliphatic rings. The van der Waals surface area contributed by atoms with Crippen LogP contribution in [0, 0.1) is 5.82 Å². The zero-order valence-electron chi connectivity index (χ0n) is 11.4. The maximum Gasteiger partial charge on any atom is 0.325 e. The molecule has 0 aliphatic heterocycles. The fourth-order valence-electron chi connectivity index (χ4n) is 2.15. The number of carboxylic acid groups (broad SMARTS) is 1. The van der Waals surface area contributed by atoms with E-state index in [0.717, 1.165) is 5.56 Å². The van der Waals surface area contributed by atoms with Crippen molar-refractivity contribution in [2.24, 2.45) is 0 Å². The van der Waals surface area contributed by atoms with Crippen molar-refractivity contribution < 1.29 is 14.3 Å². The number of carboxylic acids is 1. The van der Waals surface area contributed by atoms with E-state index in [1.165, 1.54) is 12.1 Å². The van der Waals surface area contributed by atoms with Crippen LogP contribution in [0.5, 0.6) is 0 Å². The fraction of sp³-hybridized carbons (Fsp3) is 0.188. The maximum atomic E-state index is 13.1. The van der Waals surface area contributed by atoms with Crippen molar-refractivity contribution in [2.45, 2.75) is 19.0 Å². The number of hydrogen-bond donors (Lipinski definition) is 2. The van der Waals surface area contributed by atoms with Crippen LogP contribution in [0.3, 0.4) is 0 Å². The first-order valence-electron chi connectivity index (χ1n) is 6.48. The number of hydrogen-bond acceptors (Lipinski definition) is 2. The van der Waals surface area contributed by atoms with Gasteiger partial charge in [0.1, 0.15) is 11.9 Å². The molecule has 2 rings (SSSR count). The van der Waals surface area contributed by atoms with Crippen LogP contribution >= 0.6 is 15.9 Å². The average Bonchev–Trinajstić information content (AvgIpc) is 2.45. The zero-order valence-corrected chi connectivity index (χ0v) is 13.0. The average molecular weight is 352 g/mol. The van der Waals surface area contributed by atoms with Gasteiger partial charge in [-0.1, -0.05) is 52.3 Å². The lowest BCUT2D eigenvalue weighted by Gasteiger charge is -2.21. The molecule has 0 spiro atoms. The molecule has 2 atom stereocenters. The zero-order chi connectivity index (χ0) is 15.4. The van der Waals surface area contributed by atoms with Crippen molar-refractivity contribution in [2.75, 3.05) is 0 Å². The Hall–Kier alpha value is -1.72. The van der Waals surface area contributed by atoms with E-state index < -0.39 is 12.0 Å². The van der Waals surface area contributed by atoms with Gasteiger partial charge in [0.05, 0.1) is 0 Å². The van der Waals surface area contributed by atoms with E-state index in [4.69, 9.17) is 0 Å². The molecule has 2 aromatic carbocycles. The number of rotatable bonds is 5. The Morgan fingerprint density at radius 1 is 1.24 bits per heavy atom. The summed E-state index contributed by atoms with van der Waals surface area (Å²) in [5.74, 6) is -1.29. The molecule has 0 saturated heterocycles. The molecule has 21 heavy (non-hydrogen) atoms. The second kappa shape index (κ2) is 6.83. The third kappa shape index (κ3) is 3.89. The summed E-state index contributed by atoms with van der Waals surface area (Å²) < 4.78 is 13.7. The van der Waals surface area contributed by atoms with Gasteiger partial charge in [0, 0.05) is 10.5 Å². The van der Waals surface area contributed by atoms with Crippen molar-refractivity contribution in [3.05, 3.63) is 69.9 Å². The van der Waals surface area contributed by atoms with Gasteiger partial charge in [-0.3, -0.25) is 10.1 Å². The third-order valence-electron chi connectivity index (χ3n) is 3.23. The molecule has 3 nitrogen and oxygen atoms in total. The molecule has 0 aliphatic carbocycles. The van der Waals surface area contributed by atoms with Crippen LogP contribution in [0.25, 0.3) is 0 Å². The van der Waals surface area contributed by atoms with Gasteiger partial charge in [-0.25, -0.2) is 4.39 Å². The maximum absolute atomic E-state index is 13.1. The third-order valence-corrected chi connectivity index (χ3v) is 3.91. The van der Waals surface area contributed by atoms with Gasteiger partial charge in [-0.2, -0.15) is 0 Å². The van der Waals surface area contributed by atoms with Crippen molar-refractivity contribution in [3.8, 4) is 0 Å². The number of aliphatic carboxylic acids is 1. The van der Waals surface area contributed by atoms with E-state index in [0.29, 0.717) is 10.0 Å². The standard InChI is InChI=1S/C16H15BrFNO2/c1-10(13-8-7-12(18)9-14(13)17)19-15(16(20)21)11-5-3-2-4-6-11/h2-10,15,19H,1H3,(H,20,21). The minimum absolute atomic E-state index is 0.249. The molecular weight excluding hydrogens is 337 g/mol. The first kappa shape index (κ1) is 15.7. The largest absolute Gasteiger partial charge is 0.480 e. The monoisotopic (exact) mass is 351 g/mol. The highest BCUT2D eigenvalue weighted by Gasteiger charge is 2.22. The van der Waals surface area contributed by atoms with E-state index >= 15 is 0 Å². The van der Waals surface area contributed by atoms with Crippen molar-refractivity contribution in [1.29, 1.82) is 0 Å². The Labute approximate surface area is 130 Å². The smallest absolute Gasteiger partial charge is 0.325 e. The highest BCUT2D eigenvalue weighted by Crippen LogP contribution is 2.26. The molecule has 0 heterocycles. The summed E-state index contributed by atoms with van der Waals surface area (Å²) in [7, 11) is 0. The number of carbonyl (C=O) groups is 1. The highest BCUT2D eigenvalue weighted by molar-refractivity contribution is 9.10. The van der Waals surface area contributed by atoms with E-state index in [1.54, 1.807) is 30.3 Å². The summed E-state index contributed by atoms with van der Waals surface area (Å²) in [5, 5.41) is 12.5. The number of nitrogens with one attached hydrogen (secondary N) is 1. The quantitative estimate of drug-likeness (QED) is 0.853. The summed E-state index contributed by atoms with van der Waals surface area (Å²) in [5.41, 5.74) is 1.48. The second-order valence-corrected chi connectivity index (χ2v) is 5.59. The molecule has 0 bridgehead atoms. The van der Waals surface area contributed by atoms with Crippen molar-refractivity contribution in [1.82, 2.24) is 5.32 Å². The molecule has 2 N–H and O–H groups in total. The van der Waals surface area contributed by atoms with Crippen LogP contribution < -0.4 is 5.32 Å². The molecule has 0 fully saturated rings. The summed E-state index contributed by atoms with van der Waals surface area (Å²) in [4.78, 5) is 11.5. The first-order valence-corrected chi connectivity index (χ1v) is 7.27. The molecule has 5 heteroatoms. The Balaban J connectivity index is 2.23. The number of halogens is 2. The SMILES string of the molecule is CC(NC(C(=O)O)c1ccccc1)c1ccc(F)cc1Br. The van der Waals surface area contributed by atoms with Crippen LogP contribution in [-0.4, -0.2) is 11.1 Å². The van der Waals surface area contributed by atoms with Crippen LogP contribution in [0.1, 0.15) is 30.1 Å². The molecule has 0 amide bonds. The Kier molecular flexibility index (Phi) is 5.09. The van der Waals surface area contributed by atoms with Gasteiger partial charge in [0.15, 0.2) is 0 Å². The van der Waals surface area contributed by atoms with Crippen LogP contribution in [0.15, 0.2) is 53.0 Å². The van der Waals surface area contributed by atoms with Crippen LogP contribution in [0.4, 0.5) is 4.39 Å². The molecular formula is C16H15BrFNO2. The summed E-state index contributed by atoms with van der Waals surface area (Å²) >= 11 is 3.30. The van der Waals surface area contributed by atoms with Gasteiger partial charge in [-0.05, 0) is 30.2 Å². The summed E-state index contributed by atoms with van der Waals surface area (Å²) in [6.45, 7) is 1.84. The summed E-state index contributed by atoms with van der Waals surface area (Å²) in [6, 6.07) is 12.2. The Bertz CT molecular complexity index is 633. The molecule has 0 aromatic heterocycles. The lowest BCUT2D eigenvalue weighted by atomic mass is 10.0. The molecule has 2 unspecified atom stereocenters. The lowest BCUT2D eigenvalue weighted by Crippen LogP contribution is -2.30. The van der Waals surface area contributed by atoms with Gasteiger partial charge >= 0.3 is 5.97 Å². The van der Waals surface area contributed by atoms with Gasteiger partial charge < -0.3 is 5.11 Å². The van der Waals surface area contributed by atoms with Crippen molar-refractivity contribution >= 4 is 21.9 Å². The minimum atomic E-state index is -0.953. The van der Waals surface area contributed by atoms with Gasteiger partial charge in [0.2, 0.25) is 0 Å². The fourth-order valence-corrected chi connectivity index (χ4v) is 2.84. The normalized spacial score (nSPS) is 13.7. The minimum Gasteiger partial charge on any atom is -0.480 e. The molecule has 0 radical (unpaired) electrons. The summed E-state index contributed by atoms with van der Waals surface area (Å²) in [6.07, 6.45) is 0. The predicted octanol–water partition coefficient (Wildman–Crippen LogP) is 4.06. The first-order chi connectivity index (χ1) is 9.99. The van der Waals surface area contributed by atoms with Gasteiger partial charge in [-0.15, -0.1) is 0 Å². The molecule has 2 aromatic rings. The molecule has 0 saturated carbocycles.